The molecule has 0 unspecified atom stereocenters. The first kappa shape index (κ1) is 15.4. The van der Waals surface area contributed by atoms with Crippen molar-refractivity contribution in [2.75, 3.05) is 20.8 Å². The normalized spacial score (nSPS) is 9.00. The maximum Gasteiger partial charge on any atom is 0.167 e. The lowest BCUT2D eigenvalue weighted by atomic mass is 10.1. The Kier molecular flexibility index (Phi) is 7.80. The molecule has 2 N–H and O–H groups in total. The number of carbonyl (C=O) groups is 1. The van der Waals surface area contributed by atoms with Crippen molar-refractivity contribution in [3.63, 3.8) is 0 Å². The lowest BCUT2D eigenvalue weighted by Gasteiger charge is -2.10. The minimum Gasteiger partial charge on any atom is -0.493 e. The average Bonchev–Trinajstić information content (AvgIpc) is 2.38. The summed E-state index contributed by atoms with van der Waals surface area (Å²) in [7, 11) is 3.09. The van der Waals surface area contributed by atoms with E-state index in [1.54, 1.807) is 7.11 Å². The van der Waals surface area contributed by atoms with Crippen LogP contribution in [0.3, 0.4) is 0 Å². The van der Waals surface area contributed by atoms with E-state index in [9.17, 15) is 4.79 Å². The Morgan fingerprint density at radius 1 is 1.29 bits per heavy atom. The minimum atomic E-state index is -0.00313. The van der Waals surface area contributed by atoms with Gasteiger partial charge in [0.15, 0.2) is 17.3 Å². The molecule has 0 aliphatic rings. The molecule has 0 atom stereocenters. The van der Waals surface area contributed by atoms with Gasteiger partial charge in [0.1, 0.15) is 6.61 Å². The van der Waals surface area contributed by atoms with Gasteiger partial charge in [-0.2, -0.15) is 0 Å². The van der Waals surface area contributed by atoms with Crippen LogP contribution in [0.5, 0.6) is 11.5 Å². The van der Waals surface area contributed by atoms with Crippen molar-refractivity contribution in [2.45, 2.75) is 20.3 Å². The van der Waals surface area contributed by atoms with E-state index in [0.29, 0.717) is 11.5 Å². The van der Waals surface area contributed by atoms with E-state index in [4.69, 9.17) is 9.47 Å². The zero-order chi connectivity index (χ0) is 13.3. The van der Waals surface area contributed by atoms with Gasteiger partial charge in [-0.3, -0.25) is 4.79 Å². The van der Waals surface area contributed by atoms with E-state index in [0.717, 1.165) is 6.42 Å². The van der Waals surface area contributed by atoms with Gasteiger partial charge >= 0.3 is 0 Å². The Morgan fingerprint density at radius 2 is 1.94 bits per heavy atom. The molecule has 0 saturated heterocycles. The van der Waals surface area contributed by atoms with Gasteiger partial charge in [0.2, 0.25) is 0 Å². The van der Waals surface area contributed by atoms with Crippen LogP contribution in [-0.4, -0.2) is 26.5 Å². The molecular weight excluding hydrogens is 218 g/mol. The summed E-state index contributed by atoms with van der Waals surface area (Å²) in [5, 5.41) is 0. The molecule has 1 aromatic rings. The van der Waals surface area contributed by atoms with Crippen molar-refractivity contribution >= 4 is 5.78 Å². The number of nitrogens with two attached hydrogens (primary N) is 1. The third kappa shape index (κ3) is 5.36. The van der Waals surface area contributed by atoms with Gasteiger partial charge in [0.25, 0.3) is 0 Å². The Hall–Kier alpha value is -1.55. The molecule has 0 heterocycles. The lowest BCUT2D eigenvalue weighted by Crippen LogP contribution is -2.07. The van der Waals surface area contributed by atoms with E-state index in [2.05, 4.69) is 12.7 Å². The third-order valence-corrected chi connectivity index (χ3v) is 2.07. The molecule has 1 aromatic carbocycles. The molecule has 0 fully saturated rings. The predicted octanol–water partition coefficient (Wildman–Crippen LogP) is 1.80. The molecule has 96 valence electrons. The number of hydrogen-bond donors (Lipinski definition) is 1. The summed E-state index contributed by atoms with van der Waals surface area (Å²) in [6.07, 6.45) is 0.948. The zero-order valence-electron chi connectivity index (χ0n) is 10.9. The second-order valence-corrected chi connectivity index (χ2v) is 3.33. The second kappa shape index (κ2) is 8.58. The van der Waals surface area contributed by atoms with E-state index >= 15 is 0 Å². The van der Waals surface area contributed by atoms with E-state index in [1.165, 1.54) is 19.5 Å². The van der Waals surface area contributed by atoms with Gasteiger partial charge in [0.05, 0.1) is 7.11 Å². The molecule has 4 heteroatoms. The molecular formula is C13H21NO3. The van der Waals surface area contributed by atoms with E-state index in [1.807, 2.05) is 18.2 Å². The number of hydrogen-bond acceptors (Lipinski definition) is 4. The summed E-state index contributed by atoms with van der Waals surface area (Å²) in [5.41, 5.74) is 5.68. The summed E-state index contributed by atoms with van der Waals surface area (Å²) in [5.74, 6) is 1.29. The highest BCUT2D eigenvalue weighted by Crippen LogP contribution is 2.28. The predicted molar refractivity (Wildman–Crippen MR) is 68.7 cm³/mol. The van der Waals surface area contributed by atoms with Gasteiger partial charge in [0, 0.05) is 0 Å². The zero-order valence-corrected chi connectivity index (χ0v) is 10.9. The number of rotatable bonds is 5. The Labute approximate surface area is 103 Å². The molecule has 0 saturated carbocycles. The van der Waals surface area contributed by atoms with Crippen LogP contribution >= 0.6 is 0 Å². The van der Waals surface area contributed by atoms with Crippen molar-refractivity contribution in [3.05, 3.63) is 23.8 Å². The van der Waals surface area contributed by atoms with Crippen LogP contribution in [0.2, 0.25) is 0 Å². The highest BCUT2D eigenvalue weighted by molar-refractivity contribution is 5.77. The maximum absolute atomic E-state index is 10.8. The van der Waals surface area contributed by atoms with Crippen LogP contribution in [-0.2, 0) is 11.2 Å². The van der Waals surface area contributed by atoms with Crippen molar-refractivity contribution in [2.24, 2.45) is 5.73 Å². The van der Waals surface area contributed by atoms with Gasteiger partial charge < -0.3 is 15.2 Å². The smallest absolute Gasteiger partial charge is 0.167 e. The van der Waals surface area contributed by atoms with Crippen LogP contribution in [0.1, 0.15) is 19.4 Å². The fourth-order valence-corrected chi connectivity index (χ4v) is 1.23. The highest BCUT2D eigenvalue weighted by atomic mass is 16.5. The second-order valence-electron chi connectivity index (χ2n) is 3.33. The molecule has 0 radical (unpaired) electrons. The van der Waals surface area contributed by atoms with Crippen molar-refractivity contribution in [1.29, 1.82) is 0 Å². The molecule has 0 bridgehead atoms. The molecule has 0 aliphatic carbocycles. The number of methoxy groups -OCH3 is 1. The number of carbonyl (C=O) groups excluding carboxylic acids is 1. The summed E-state index contributed by atoms with van der Waals surface area (Å²) >= 11 is 0. The first-order valence-electron chi connectivity index (χ1n) is 5.54. The van der Waals surface area contributed by atoms with Gasteiger partial charge in [-0.1, -0.05) is 13.0 Å². The first-order chi connectivity index (χ1) is 8.17. The summed E-state index contributed by atoms with van der Waals surface area (Å²) in [4.78, 5) is 10.8. The van der Waals surface area contributed by atoms with Crippen molar-refractivity contribution in [1.82, 2.24) is 0 Å². The van der Waals surface area contributed by atoms with E-state index in [-0.39, 0.29) is 12.4 Å². The van der Waals surface area contributed by atoms with Crippen LogP contribution < -0.4 is 15.2 Å². The largest absolute Gasteiger partial charge is 0.493 e. The van der Waals surface area contributed by atoms with Gasteiger partial charge in [-0.05, 0) is 38.1 Å². The summed E-state index contributed by atoms with van der Waals surface area (Å²) < 4.78 is 10.5. The number of ketones is 1. The Morgan fingerprint density at radius 3 is 2.41 bits per heavy atom. The number of ether oxygens (including phenoxy) is 2. The van der Waals surface area contributed by atoms with Crippen molar-refractivity contribution in [3.8, 4) is 11.5 Å². The number of Topliss-reactive ketones (excluding diaryl/α,β-unsaturated/α-hetero) is 1. The number of benzene rings is 1. The fourth-order valence-electron chi connectivity index (χ4n) is 1.23. The summed E-state index contributed by atoms with van der Waals surface area (Å²) in [6, 6.07) is 5.73. The molecule has 1 rings (SSSR count). The van der Waals surface area contributed by atoms with Crippen LogP contribution in [0.25, 0.3) is 0 Å². The SMILES string of the molecule is CCc1ccc(OCC(C)=O)c(OC)c1.CN. The maximum atomic E-state index is 10.8. The van der Waals surface area contributed by atoms with Crippen LogP contribution in [0.4, 0.5) is 0 Å². The molecule has 0 aliphatic heterocycles. The minimum absolute atomic E-state index is 0.00313. The molecule has 0 aromatic heterocycles. The van der Waals surface area contributed by atoms with Crippen LogP contribution in [0, 0.1) is 0 Å². The topological polar surface area (TPSA) is 61.5 Å². The standard InChI is InChI=1S/C12H16O3.CH5N/c1-4-10-5-6-11(12(7-10)14-3)15-8-9(2)13;1-2/h5-7H,4,8H2,1-3H3;2H2,1H3. The van der Waals surface area contributed by atoms with Gasteiger partial charge in [-0.25, -0.2) is 0 Å². The highest BCUT2D eigenvalue weighted by Gasteiger charge is 2.05. The van der Waals surface area contributed by atoms with E-state index < -0.39 is 0 Å². The third-order valence-electron chi connectivity index (χ3n) is 2.07. The monoisotopic (exact) mass is 239 g/mol. The average molecular weight is 239 g/mol. The lowest BCUT2D eigenvalue weighted by molar-refractivity contribution is -0.118. The molecule has 17 heavy (non-hydrogen) atoms. The number of aryl methyl sites for hydroxylation is 1. The molecule has 0 spiro atoms. The fraction of sp³-hybridized carbons (Fsp3) is 0.462. The molecule has 0 amide bonds. The first-order valence-corrected chi connectivity index (χ1v) is 5.54. The quantitative estimate of drug-likeness (QED) is 0.851. The van der Waals surface area contributed by atoms with Gasteiger partial charge in [-0.15, -0.1) is 0 Å². The van der Waals surface area contributed by atoms with Crippen LogP contribution in [0.15, 0.2) is 18.2 Å². The van der Waals surface area contributed by atoms with Crippen molar-refractivity contribution < 1.29 is 14.3 Å². The Bertz CT molecular complexity index is 351. The summed E-state index contributed by atoms with van der Waals surface area (Å²) in [6.45, 7) is 3.65. The Balaban J connectivity index is 0.00000121. The molecule has 4 nitrogen and oxygen atoms in total.